The summed E-state index contributed by atoms with van der Waals surface area (Å²) in [6.45, 7) is 9.42. The van der Waals surface area contributed by atoms with Crippen molar-refractivity contribution in [1.82, 2.24) is 19.9 Å². The summed E-state index contributed by atoms with van der Waals surface area (Å²) in [5.74, 6) is -1.44. The zero-order chi connectivity index (χ0) is 24.6. The number of hydrogen-bond donors (Lipinski definition) is 2. The van der Waals surface area contributed by atoms with Gasteiger partial charge in [-0.15, -0.1) is 0 Å². The molecule has 2 N–H and O–H groups in total. The number of ether oxygens (including phenoxy) is 1. The Hall–Kier alpha value is -3.94. The number of aryl methyl sites for hydroxylation is 1. The number of fused-ring (bicyclic) bond motifs is 1. The van der Waals surface area contributed by atoms with Gasteiger partial charge in [-0.2, -0.15) is 0 Å². The number of carboxylic acid groups (broad SMARTS) is 1. The molecule has 3 aromatic rings. The molecule has 0 saturated carbocycles. The molecule has 34 heavy (non-hydrogen) atoms. The molecule has 1 aliphatic heterocycles. The van der Waals surface area contributed by atoms with Gasteiger partial charge in [0.05, 0.1) is 35.2 Å². The van der Waals surface area contributed by atoms with E-state index in [0.29, 0.717) is 17.0 Å². The van der Waals surface area contributed by atoms with Gasteiger partial charge >= 0.3 is 11.9 Å². The van der Waals surface area contributed by atoms with E-state index >= 15 is 0 Å². The van der Waals surface area contributed by atoms with Crippen LogP contribution in [0.15, 0.2) is 59.6 Å². The summed E-state index contributed by atoms with van der Waals surface area (Å²) >= 11 is 0. The number of pyridine rings is 1. The Morgan fingerprint density at radius 3 is 2.47 bits per heavy atom. The average Bonchev–Trinajstić information content (AvgIpc) is 3.13. The summed E-state index contributed by atoms with van der Waals surface area (Å²) < 4.78 is 7.39. The monoisotopic (exact) mass is 460 g/mol. The second-order valence-electron chi connectivity index (χ2n) is 8.61. The summed E-state index contributed by atoms with van der Waals surface area (Å²) in [7, 11) is 0. The van der Waals surface area contributed by atoms with Crippen LogP contribution in [0.5, 0.6) is 0 Å². The largest absolute Gasteiger partial charge is 0.478 e. The van der Waals surface area contributed by atoms with Crippen LogP contribution in [0.1, 0.15) is 39.1 Å². The van der Waals surface area contributed by atoms with Gasteiger partial charge in [0.15, 0.2) is 0 Å². The fraction of sp³-hybridized carbons (Fsp3) is 0.308. The van der Waals surface area contributed by atoms with E-state index in [0.717, 1.165) is 28.1 Å². The Bertz CT molecular complexity index is 1330. The lowest BCUT2D eigenvalue weighted by atomic mass is 9.77. The maximum Gasteiger partial charge on any atom is 0.336 e. The first-order valence-corrected chi connectivity index (χ1v) is 11.3. The van der Waals surface area contributed by atoms with E-state index < -0.39 is 17.9 Å². The number of nitrogens with one attached hydrogen (secondary N) is 1. The summed E-state index contributed by atoms with van der Waals surface area (Å²) in [4.78, 5) is 33.9. The average molecular weight is 461 g/mol. The van der Waals surface area contributed by atoms with Crippen molar-refractivity contribution in [3.05, 3.63) is 71.0 Å². The van der Waals surface area contributed by atoms with Crippen LogP contribution >= 0.6 is 0 Å². The fourth-order valence-corrected chi connectivity index (χ4v) is 4.64. The highest BCUT2D eigenvalue weighted by atomic mass is 16.5. The number of aliphatic carboxylic acids is 1. The van der Waals surface area contributed by atoms with E-state index in [1.54, 1.807) is 26.2 Å². The number of carboxylic acids is 1. The Balaban J connectivity index is 1.84. The standard InChI is InChI=1S/C26H28N4O4/c1-6-34-26(33)23-21(14(2)3)22(25(31)32)15(4)28-24(23)17-7-9-18(10-8-17)30-16(5)29-19-13-27-12-11-20(19)30/h7-14,21,28H,6H2,1-5H3,(H,31,32). The first kappa shape index (κ1) is 23.2. The van der Waals surface area contributed by atoms with E-state index in [2.05, 4.69) is 15.3 Å². The third-order valence-electron chi connectivity index (χ3n) is 6.04. The number of dihydropyridines is 1. The van der Waals surface area contributed by atoms with E-state index in [9.17, 15) is 14.7 Å². The van der Waals surface area contributed by atoms with Crippen LogP contribution in [0.3, 0.4) is 0 Å². The molecular formula is C26H28N4O4. The Morgan fingerprint density at radius 2 is 1.85 bits per heavy atom. The van der Waals surface area contributed by atoms with Gasteiger partial charge in [0.25, 0.3) is 0 Å². The molecule has 176 valence electrons. The van der Waals surface area contributed by atoms with Crippen molar-refractivity contribution >= 4 is 28.7 Å². The first-order chi connectivity index (χ1) is 16.2. The number of nitrogens with zero attached hydrogens (tertiary/aromatic N) is 3. The topological polar surface area (TPSA) is 106 Å². The highest BCUT2D eigenvalue weighted by Crippen LogP contribution is 2.39. The van der Waals surface area contributed by atoms with Crippen molar-refractivity contribution in [2.45, 2.75) is 34.6 Å². The molecule has 0 fully saturated rings. The number of rotatable bonds is 6. The quantitative estimate of drug-likeness (QED) is 0.530. The second-order valence-corrected chi connectivity index (χ2v) is 8.61. The molecule has 8 nitrogen and oxygen atoms in total. The Kier molecular flexibility index (Phi) is 6.24. The van der Waals surface area contributed by atoms with Crippen molar-refractivity contribution in [2.75, 3.05) is 6.61 Å². The molecule has 0 bridgehead atoms. The van der Waals surface area contributed by atoms with Gasteiger partial charge in [0, 0.05) is 23.5 Å². The van der Waals surface area contributed by atoms with Crippen LogP contribution in [0, 0.1) is 18.8 Å². The van der Waals surface area contributed by atoms with Gasteiger partial charge in [-0.25, -0.2) is 14.6 Å². The zero-order valence-corrected chi connectivity index (χ0v) is 19.9. The van der Waals surface area contributed by atoms with E-state index in [1.165, 1.54) is 0 Å². The van der Waals surface area contributed by atoms with E-state index in [4.69, 9.17) is 4.74 Å². The second kappa shape index (κ2) is 9.13. The number of benzene rings is 1. The van der Waals surface area contributed by atoms with Crippen LogP contribution in [-0.4, -0.2) is 38.2 Å². The molecular weight excluding hydrogens is 432 g/mol. The van der Waals surface area contributed by atoms with Crippen molar-refractivity contribution in [3.63, 3.8) is 0 Å². The van der Waals surface area contributed by atoms with E-state index in [-0.39, 0.29) is 18.1 Å². The Labute approximate surface area is 198 Å². The normalized spacial score (nSPS) is 16.2. The molecule has 0 saturated heterocycles. The number of imidazole rings is 1. The van der Waals surface area contributed by atoms with Crippen LogP contribution in [0.25, 0.3) is 22.4 Å². The van der Waals surface area contributed by atoms with Gasteiger partial charge in [-0.3, -0.25) is 9.55 Å². The van der Waals surface area contributed by atoms with Crippen molar-refractivity contribution < 1.29 is 19.4 Å². The van der Waals surface area contributed by atoms with Gasteiger partial charge in [0.1, 0.15) is 11.3 Å². The van der Waals surface area contributed by atoms with Crippen LogP contribution in [0.2, 0.25) is 0 Å². The molecule has 1 aliphatic rings. The lowest BCUT2D eigenvalue weighted by Crippen LogP contribution is -2.35. The maximum absolute atomic E-state index is 13.1. The van der Waals surface area contributed by atoms with Gasteiger partial charge in [-0.05, 0) is 50.5 Å². The highest BCUT2D eigenvalue weighted by Gasteiger charge is 2.39. The lowest BCUT2D eigenvalue weighted by molar-refractivity contribution is -0.139. The molecule has 0 spiro atoms. The number of allylic oxidation sites excluding steroid dienone is 1. The molecule has 1 atom stereocenters. The molecule has 0 aliphatic carbocycles. The fourth-order valence-electron chi connectivity index (χ4n) is 4.64. The molecule has 3 heterocycles. The van der Waals surface area contributed by atoms with Gasteiger partial charge < -0.3 is 15.2 Å². The number of esters is 1. The number of aromatic nitrogens is 3. The maximum atomic E-state index is 13.1. The van der Waals surface area contributed by atoms with Crippen molar-refractivity contribution in [2.24, 2.45) is 11.8 Å². The van der Waals surface area contributed by atoms with Gasteiger partial charge in [0.2, 0.25) is 0 Å². The summed E-state index contributed by atoms with van der Waals surface area (Å²) in [6, 6.07) is 9.66. The van der Waals surface area contributed by atoms with Crippen molar-refractivity contribution in [3.8, 4) is 5.69 Å². The van der Waals surface area contributed by atoms with Crippen molar-refractivity contribution in [1.29, 1.82) is 0 Å². The SMILES string of the molecule is CCOC(=O)C1=C(c2ccc(-n3c(C)nc4cnccc43)cc2)NC(C)=C(C(=O)O)C1C(C)C. The molecule has 4 rings (SSSR count). The summed E-state index contributed by atoms with van der Waals surface area (Å²) in [5, 5.41) is 13.1. The van der Waals surface area contributed by atoms with Crippen LogP contribution < -0.4 is 5.32 Å². The minimum atomic E-state index is -1.04. The smallest absolute Gasteiger partial charge is 0.336 e. The predicted molar refractivity (Wildman–Crippen MR) is 129 cm³/mol. The zero-order valence-electron chi connectivity index (χ0n) is 19.9. The molecule has 8 heteroatoms. The summed E-state index contributed by atoms with van der Waals surface area (Å²) in [5.41, 5.74) is 5.06. The Morgan fingerprint density at radius 1 is 1.15 bits per heavy atom. The first-order valence-electron chi connectivity index (χ1n) is 11.3. The highest BCUT2D eigenvalue weighted by molar-refractivity contribution is 6.03. The van der Waals surface area contributed by atoms with E-state index in [1.807, 2.05) is 55.7 Å². The lowest BCUT2D eigenvalue weighted by Gasteiger charge is -2.32. The molecule has 2 aromatic heterocycles. The van der Waals surface area contributed by atoms with Gasteiger partial charge in [-0.1, -0.05) is 26.0 Å². The summed E-state index contributed by atoms with van der Waals surface area (Å²) in [6.07, 6.45) is 3.47. The number of carbonyl (C=O) groups excluding carboxylic acids is 1. The molecule has 0 radical (unpaired) electrons. The minimum Gasteiger partial charge on any atom is -0.478 e. The number of carbonyl (C=O) groups is 2. The minimum absolute atomic E-state index is 0.120. The third kappa shape index (κ3) is 3.96. The molecule has 0 amide bonds. The molecule has 1 unspecified atom stereocenters. The molecule has 1 aromatic carbocycles. The van der Waals surface area contributed by atoms with Crippen LogP contribution in [0.4, 0.5) is 0 Å². The number of hydrogen-bond acceptors (Lipinski definition) is 6. The predicted octanol–water partition coefficient (Wildman–Crippen LogP) is 4.24. The van der Waals surface area contributed by atoms with Crippen LogP contribution in [-0.2, 0) is 14.3 Å². The third-order valence-corrected chi connectivity index (χ3v) is 6.04.